The fourth-order valence-electron chi connectivity index (χ4n) is 1.56. The van der Waals surface area contributed by atoms with Crippen molar-refractivity contribution in [1.82, 2.24) is 0 Å². The highest BCUT2D eigenvalue weighted by molar-refractivity contribution is 6.17. The zero-order chi connectivity index (χ0) is 9.52. The molecule has 0 heterocycles. The fraction of sp³-hybridized carbons (Fsp3) is 0.500. The number of unbranched alkanes of at least 4 members (excludes halogenated alkanes) is 1. The van der Waals surface area contributed by atoms with Gasteiger partial charge in [-0.1, -0.05) is 31.2 Å². The van der Waals surface area contributed by atoms with Crippen molar-refractivity contribution in [1.29, 1.82) is 0 Å². The lowest BCUT2D eigenvalue weighted by molar-refractivity contribution is 0.791. The zero-order valence-electron chi connectivity index (χ0n) is 8.22. The maximum atomic E-state index is 5.64. The van der Waals surface area contributed by atoms with Crippen LogP contribution in [0.2, 0.25) is 0 Å². The molecular formula is C12H17Cl. The van der Waals surface area contributed by atoms with E-state index >= 15 is 0 Å². The molecular weight excluding hydrogens is 180 g/mol. The predicted molar refractivity (Wildman–Crippen MR) is 59.5 cm³/mol. The van der Waals surface area contributed by atoms with E-state index in [0.717, 1.165) is 18.7 Å². The summed E-state index contributed by atoms with van der Waals surface area (Å²) in [5.41, 5.74) is 2.98. The van der Waals surface area contributed by atoms with Crippen molar-refractivity contribution in [2.45, 2.75) is 32.6 Å². The molecule has 0 amide bonds. The first-order valence-corrected chi connectivity index (χ1v) is 5.54. The van der Waals surface area contributed by atoms with Gasteiger partial charge in [-0.3, -0.25) is 0 Å². The molecule has 0 aromatic heterocycles. The fourth-order valence-corrected chi connectivity index (χ4v) is 1.75. The SMILES string of the molecule is CCc1ccccc1CCCCCl. The Bertz CT molecular complexity index is 243. The van der Waals surface area contributed by atoms with Crippen LogP contribution in [0.25, 0.3) is 0 Å². The van der Waals surface area contributed by atoms with Crippen molar-refractivity contribution in [2.24, 2.45) is 0 Å². The quantitative estimate of drug-likeness (QED) is 0.496. The van der Waals surface area contributed by atoms with Gasteiger partial charge in [0.25, 0.3) is 0 Å². The largest absolute Gasteiger partial charge is 0.127 e. The minimum absolute atomic E-state index is 0.786. The Morgan fingerprint density at radius 1 is 1.08 bits per heavy atom. The summed E-state index contributed by atoms with van der Waals surface area (Å²) in [4.78, 5) is 0. The summed E-state index contributed by atoms with van der Waals surface area (Å²) < 4.78 is 0. The van der Waals surface area contributed by atoms with Crippen LogP contribution in [0.1, 0.15) is 30.9 Å². The van der Waals surface area contributed by atoms with Crippen LogP contribution in [-0.4, -0.2) is 5.88 Å². The molecule has 0 radical (unpaired) electrons. The van der Waals surface area contributed by atoms with E-state index < -0.39 is 0 Å². The highest BCUT2D eigenvalue weighted by Gasteiger charge is 1.98. The molecule has 0 fully saturated rings. The molecule has 72 valence electrons. The summed E-state index contributed by atoms with van der Waals surface area (Å²) in [5, 5.41) is 0. The Morgan fingerprint density at radius 2 is 1.77 bits per heavy atom. The molecule has 0 saturated heterocycles. The average molecular weight is 197 g/mol. The molecule has 0 aliphatic carbocycles. The van der Waals surface area contributed by atoms with Crippen molar-refractivity contribution in [3.63, 3.8) is 0 Å². The van der Waals surface area contributed by atoms with E-state index in [1.54, 1.807) is 0 Å². The second-order valence-electron chi connectivity index (χ2n) is 3.27. The molecule has 0 spiro atoms. The predicted octanol–water partition coefficient (Wildman–Crippen LogP) is 3.81. The van der Waals surface area contributed by atoms with Gasteiger partial charge in [-0.05, 0) is 36.8 Å². The molecule has 13 heavy (non-hydrogen) atoms. The van der Waals surface area contributed by atoms with E-state index in [4.69, 9.17) is 11.6 Å². The molecule has 1 rings (SSSR count). The standard InChI is InChI=1S/C12H17Cl/c1-2-11-7-3-4-8-12(11)9-5-6-10-13/h3-4,7-8H,2,5-6,9-10H2,1H3. The Morgan fingerprint density at radius 3 is 2.38 bits per heavy atom. The van der Waals surface area contributed by atoms with Gasteiger partial charge >= 0.3 is 0 Å². The number of aryl methyl sites for hydroxylation is 2. The topological polar surface area (TPSA) is 0 Å². The van der Waals surface area contributed by atoms with Gasteiger partial charge < -0.3 is 0 Å². The Kier molecular flexibility index (Phi) is 4.92. The number of halogens is 1. The molecule has 0 saturated carbocycles. The first-order valence-electron chi connectivity index (χ1n) is 5.01. The second-order valence-corrected chi connectivity index (χ2v) is 3.65. The van der Waals surface area contributed by atoms with Crippen LogP contribution in [0, 0.1) is 0 Å². The van der Waals surface area contributed by atoms with Crippen LogP contribution in [0.3, 0.4) is 0 Å². The molecule has 0 aliphatic rings. The minimum atomic E-state index is 0.786. The van der Waals surface area contributed by atoms with Gasteiger partial charge in [-0.15, -0.1) is 11.6 Å². The minimum Gasteiger partial charge on any atom is -0.127 e. The van der Waals surface area contributed by atoms with Crippen LogP contribution in [0.5, 0.6) is 0 Å². The lowest BCUT2D eigenvalue weighted by Gasteiger charge is -2.06. The van der Waals surface area contributed by atoms with Crippen LogP contribution in [0.4, 0.5) is 0 Å². The van der Waals surface area contributed by atoms with Crippen LogP contribution in [0.15, 0.2) is 24.3 Å². The van der Waals surface area contributed by atoms with Gasteiger partial charge in [0.2, 0.25) is 0 Å². The summed E-state index contributed by atoms with van der Waals surface area (Å²) in [6.07, 6.45) is 4.65. The maximum absolute atomic E-state index is 5.64. The number of benzene rings is 1. The summed E-state index contributed by atoms with van der Waals surface area (Å²) in [7, 11) is 0. The average Bonchev–Trinajstić information content (AvgIpc) is 2.19. The molecule has 0 N–H and O–H groups in total. The second kappa shape index (κ2) is 6.04. The molecule has 0 unspecified atom stereocenters. The van der Waals surface area contributed by atoms with E-state index in [2.05, 4.69) is 31.2 Å². The molecule has 0 bridgehead atoms. The third kappa shape index (κ3) is 3.40. The van der Waals surface area contributed by atoms with E-state index in [0.29, 0.717) is 0 Å². The molecule has 0 atom stereocenters. The Balaban J connectivity index is 2.54. The van der Waals surface area contributed by atoms with E-state index in [1.807, 2.05) is 0 Å². The van der Waals surface area contributed by atoms with Crippen molar-refractivity contribution >= 4 is 11.6 Å². The first-order chi connectivity index (χ1) is 6.38. The van der Waals surface area contributed by atoms with Crippen molar-refractivity contribution in [3.05, 3.63) is 35.4 Å². The third-order valence-electron chi connectivity index (χ3n) is 2.33. The van der Waals surface area contributed by atoms with Gasteiger partial charge in [-0.2, -0.15) is 0 Å². The third-order valence-corrected chi connectivity index (χ3v) is 2.60. The van der Waals surface area contributed by atoms with Gasteiger partial charge in [0.05, 0.1) is 0 Å². The van der Waals surface area contributed by atoms with Gasteiger partial charge in [0.15, 0.2) is 0 Å². The van der Waals surface area contributed by atoms with Crippen molar-refractivity contribution < 1.29 is 0 Å². The first kappa shape index (κ1) is 10.6. The normalized spacial score (nSPS) is 10.3. The lowest BCUT2D eigenvalue weighted by Crippen LogP contribution is -1.92. The van der Waals surface area contributed by atoms with E-state index in [-0.39, 0.29) is 0 Å². The summed E-state index contributed by atoms with van der Waals surface area (Å²) in [5.74, 6) is 0.786. The summed E-state index contributed by atoms with van der Waals surface area (Å²) >= 11 is 5.64. The van der Waals surface area contributed by atoms with Crippen LogP contribution in [-0.2, 0) is 12.8 Å². The number of hydrogen-bond acceptors (Lipinski definition) is 0. The van der Waals surface area contributed by atoms with Gasteiger partial charge in [-0.25, -0.2) is 0 Å². The molecule has 1 aromatic carbocycles. The van der Waals surface area contributed by atoms with E-state index in [9.17, 15) is 0 Å². The molecule has 0 nitrogen and oxygen atoms in total. The van der Waals surface area contributed by atoms with Crippen molar-refractivity contribution in [2.75, 3.05) is 5.88 Å². The van der Waals surface area contributed by atoms with Crippen molar-refractivity contribution in [3.8, 4) is 0 Å². The maximum Gasteiger partial charge on any atom is 0.0223 e. The van der Waals surface area contributed by atoms with Gasteiger partial charge in [0, 0.05) is 5.88 Å². The number of rotatable bonds is 5. The Labute approximate surface area is 85.9 Å². The molecule has 1 aromatic rings. The van der Waals surface area contributed by atoms with Crippen LogP contribution >= 0.6 is 11.6 Å². The monoisotopic (exact) mass is 196 g/mol. The number of hydrogen-bond donors (Lipinski definition) is 0. The Hall–Kier alpha value is -0.490. The van der Waals surface area contributed by atoms with Crippen LogP contribution < -0.4 is 0 Å². The highest BCUT2D eigenvalue weighted by Crippen LogP contribution is 2.12. The smallest absolute Gasteiger partial charge is 0.0223 e. The van der Waals surface area contributed by atoms with Gasteiger partial charge in [0.1, 0.15) is 0 Å². The molecule has 1 heteroatoms. The number of alkyl halides is 1. The molecule has 0 aliphatic heterocycles. The lowest BCUT2D eigenvalue weighted by atomic mass is 10.0. The summed E-state index contributed by atoms with van der Waals surface area (Å²) in [6.45, 7) is 2.21. The summed E-state index contributed by atoms with van der Waals surface area (Å²) in [6, 6.07) is 8.68. The highest BCUT2D eigenvalue weighted by atomic mass is 35.5. The van der Waals surface area contributed by atoms with E-state index in [1.165, 1.54) is 24.0 Å². The zero-order valence-corrected chi connectivity index (χ0v) is 8.98.